The van der Waals surface area contributed by atoms with Crippen molar-refractivity contribution in [3.63, 3.8) is 0 Å². The van der Waals surface area contributed by atoms with E-state index in [1.54, 1.807) is 23.0 Å². The van der Waals surface area contributed by atoms with E-state index in [9.17, 15) is 19.2 Å². The third kappa shape index (κ3) is 5.17. The Kier molecular flexibility index (Phi) is 6.87. The van der Waals surface area contributed by atoms with Gasteiger partial charge in [-0.2, -0.15) is 15.5 Å². The van der Waals surface area contributed by atoms with Crippen LogP contribution >= 0.6 is 11.3 Å². The molecule has 37 heavy (non-hydrogen) atoms. The molecule has 2 amide bonds. The summed E-state index contributed by atoms with van der Waals surface area (Å²) in [6.45, 7) is 0. The van der Waals surface area contributed by atoms with Crippen molar-refractivity contribution in [3.05, 3.63) is 88.2 Å². The molecule has 2 aromatic carbocycles. The Balaban J connectivity index is 1.33. The van der Waals surface area contributed by atoms with Gasteiger partial charge in [-0.15, -0.1) is 11.3 Å². The first kappa shape index (κ1) is 24.1. The van der Waals surface area contributed by atoms with Crippen LogP contribution in [0.1, 0.15) is 34.4 Å². The molecule has 0 fully saturated rings. The molecular weight excluding hydrogens is 491 g/mol. The van der Waals surface area contributed by atoms with Gasteiger partial charge in [0.05, 0.1) is 17.5 Å². The SMILES string of the molecule is N#Cc1c(NC(=O)C(=O)N/N=C\c2cn(-c3ccccc3)nc2-c2ccc(F)cc2)sc2c1CCCC2. The van der Waals surface area contributed by atoms with E-state index in [0.717, 1.165) is 41.8 Å². The number of hydrazone groups is 1. The van der Waals surface area contributed by atoms with Crippen LogP contribution in [-0.4, -0.2) is 27.8 Å². The van der Waals surface area contributed by atoms with Crippen molar-refractivity contribution < 1.29 is 14.0 Å². The fraction of sp³-hybridized carbons (Fsp3) is 0.148. The minimum absolute atomic E-state index is 0.370. The van der Waals surface area contributed by atoms with Gasteiger partial charge in [0, 0.05) is 22.2 Å². The van der Waals surface area contributed by atoms with Crippen LogP contribution in [0.3, 0.4) is 0 Å². The molecule has 8 nitrogen and oxygen atoms in total. The highest BCUT2D eigenvalue weighted by atomic mass is 32.1. The first-order valence-corrected chi connectivity index (χ1v) is 12.4. The van der Waals surface area contributed by atoms with Gasteiger partial charge < -0.3 is 5.32 Å². The minimum Gasteiger partial charge on any atom is -0.308 e. The maximum Gasteiger partial charge on any atom is 0.329 e. The summed E-state index contributed by atoms with van der Waals surface area (Å²) in [5.41, 5.74) is 6.17. The largest absolute Gasteiger partial charge is 0.329 e. The van der Waals surface area contributed by atoms with E-state index in [1.165, 1.54) is 29.7 Å². The number of aromatic nitrogens is 2. The average Bonchev–Trinajstić information content (AvgIpc) is 3.50. The van der Waals surface area contributed by atoms with Crippen molar-refractivity contribution in [2.45, 2.75) is 25.7 Å². The first-order chi connectivity index (χ1) is 18.0. The number of rotatable bonds is 5. The summed E-state index contributed by atoms with van der Waals surface area (Å²) in [4.78, 5) is 26.0. The Bertz CT molecular complexity index is 1530. The number of nitrogens with zero attached hydrogens (tertiary/aromatic N) is 4. The zero-order chi connectivity index (χ0) is 25.8. The van der Waals surface area contributed by atoms with Gasteiger partial charge >= 0.3 is 11.8 Å². The normalized spacial score (nSPS) is 12.6. The summed E-state index contributed by atoms with van der Waals surface area (Å²) >= 11 is 1.34. The molecule has 2 N–H and O–H groups in total. The van der Waals surface area contributed by atoms with E-state index in [-0.39, 0.29) is 5.82 Å². The maximum atomic E-state index is 13.5. The molecule has 2 aromatic heterocycles. The number of nitrogens with one attached hydrogen (secondary N) is 2. The summed E-state index contributed by atoms with van der Waals surface area (Å²) in [5, 5.41) is 21.0. The molecule has 1 aliphatic carbocycles. The number of hydrogen-bond donors (Lipinski definition) is 2. The monoisotopic (exact) mass is 512 g/mol. The number of nitriles is 1. The first-order valence-electron chi connectivity index (χ1n) is 11.6. The Morgan fingerprint density at radius 3 is 2.59 bits per heavy atom. The van der Waals surface area contributed by atoms with Crippen LogP contribution in [-0.2, 0) is 22.4 Å². The Hall–Kier alpha value is -4.62. The fourth-order valence-corrected chi connectivity index (χ4v) is 5.40. The van der Waals surface area contributed by atoms with Crippen molar-refractivity contribution in [1.82, 2.24) is 15.2 Å². The number of carbonyl (C=O) groups excluding carboxylic acids is 2. The maximum absolute atomic E-state index is 13.5. The van der Waals surface area contributed by atoms with E-state index >= 15 is 0 Å². The van der Waals surface area contributed by atoms with Gasteiger partial charge in [0.1, 0.15) is 22.6 Å². The second-order valence-corrected chi connectivity index (χ2v) is 9.51. The van der Waals surface area contributed by atoms with Gasteiger partial charge in [-0.05, 0) is 67.6 Å². The third-order valence-electron chi connectivity index (χ3n) is 5.97. The number of anilines is 1. The van der Waals surface area contributed by atoms with Crippen LogP contribution < -0.4 is 10.7 Å². The molecule has 5 rings (SSSR count). The highest BCUT2D eigenvalue weighted by Gasteiger charge is 2.23. The number of hydrogen-bond acceptors (Lipinski definition) is 6. The van der Waals surface area contributed by atoms with Gasteiger partial charge in [-0.25, -0.2) is 14.5 Å². The van der Waals surface area contributed by atoms with Gasteiger partial charge in [-0.1, -0.05) is 18.2 Å². The standard InChI is InChI=1S/C27H21FN6O2S/c28-19-12-10-17(11-13-19)24-18(16-34(33-24)20-6-2-1-3-7-20)15-30-32-26(36)25(35)31-27-22(14-29)21-8-4-5-9-23(21)37-27/h1-3,6-7,10-13,15-16H,4-5,8-9H2,(H,31,35)(H,32,36)/b30-15-. The van der Waals surface area contributed by atoms with Gasteiger partial charge in [0.25, 0.3) is 0 Å². The molecule has 184 valence electrons. The van der Waals surface area contributed by atoms with Crippen LogP contribution in [0, 0.1) is 17.1 Å². The molecule has 0 atom stereocenters. The third-order valence-corrected chi connectivity index (χ3v) is 7.17. The van der Waals surface area contributed by atoms with Crippen molar-refractivity contribution >= 4 is 34.4 Å². The van der Waals surface area contributed by atoms with Crippen molar-refractivity contribution in [2.24, 2.45) is 5.10 Å². The van der Waals surface area contributed by atoms with Crippen molar-refractivity contribution in [1.29, 1.82) is 5.26 Å². The summed E-state index contributed by atoms with van der Waals surface area (Å²) < 4.78 is 15.1. The molecular formula is C27H21FN6O2S. The van der Waals surface area contributed by atoms with Crippen molar-refractivity contribution in [2.75, 3.05) is 5.32 Å². The number of amides is 2. The molecule has 0 bridgehead atoms. The number of aryl methyl sites for hydroxylation is 1. The van der Waals surface area contributed by atoms with E-state index in [0.29, 0.717) is 27.4 Å². The molecule has 2 heterocycles. The number of carbonyl (C=O) groups is 2. The molecule has 0 aliphatic heterocycles. The summed E-state index contributed by atoms with van der Waals surface area (Å²) in [6, 6.07) is 17.4. The zero-order valence-corrected chi connectivity index (χ0v) is 20.4. The molecule has 10 heteroatoms. The Labute approximate surface area is 216 Å². The summed E-state index contributed by atoms with van der Waals surface area (Å²) in [7, 11) is 0. The van der Waals surface area contributed by atoms with Crippen LogP contribution in [0.2, 0.25) is 0 Å². The summed E-state index contributed by atoms with van der Waals surface area (Å²) in [5.74, 6) is -2.25. The van der Waals surface area contributed by atoms with E-state index in [2.05, 4.69) is 27.0 Å². The molecule has 0 radical (unpaired) electrons. The minimum atomic E-state index is -0.967. The van der Waals surface area contributed by atoms with Gasteiger partial charge in [-0.3, -0.25) is 9.59 Å². The number of thiophene rings is 1. The van der Waals surface area contributed by atoms with Crippen LogP contribution in [0.5, 0.6) is 0 Å². The van der Waals surface area contributed by atoms with Crippen LogP contribution in [0.25, 0.3) is 16.9 Å². The van der Waals surface area contributed by atoms with Gasteiger partial charge in [0.2, 0.25) is 0 Å². The van der Waals surface area contributed by atoms with Gasteiger partial charge in [0.15, 0.2) is 0 Å². The molecule has 0 unspecified atom stereocenters. The molecule has 1 aliphatic rings. The lowest BCUT2D eigenvalue weighted by molar-refractivity contribution is -0.136. The van der Waals surface area contributed by atoms with E-state index in [1.807, 2.05) is 30.3 Å². The number of benzene rings is 2. The Morgan fingerprint density at radius 1 is 1.08 bits per heavy atom. The quantitative estimate of drug-likeness (QED) is 0.232. The lowest BCUT2D eigenvalue weighted by Gasteiger charge is -2.09. The second-order valence-electron chi connectivity index (χ2n) is 8.40. The van der Waals surface area contributed by atoms with E-state index in [4.69, 9.17) is 0 Å². The lowest BCUT2D eigenvalue weighted by Crippen LogP contribution is -2.32. The average molecular weight is 513 g/mol. The van der Waals surface area contributed by atoms with E-state index < -0.39 is 11.8 Å². The number of halogens is 1. The smallest absolute Gasteiger partial charge is 0.308 e. The number of para-hydroxylation sites is 1. The predicted molar refractivity (Wildman–Crippen MR) is 139 cm³/mol. The van der Waals surface area contributed by atoms with Crippen LogP contribution in [0.4, 0.5) is 9.39 Å². The molecule has 0 spiro atoms. The predicted octanol–water partition coefficient (Wildman–Crippen LogP) is 4.58. The highest BCUT2D eigenvalue weighted by Crippen LogP contribution is 2.37. The zero-order valence-electron chi connectivity index (χ0n) is 19.6. The molecule has 0 saturated heterocycles. The van der Waals surface area contributed by atoms with Crippen LogP contribution in [0.15, 0.2) is 65.9 Å². The Morgan fingerprint density at radius 2 is 1.84 bits per heavy atom. The number of fused-ring (bicyclic) bond motifs is 1. The summed E-state index contributed by atoms with van der Waals surface area (Å²) in [6.07, 6.45) is 6.81. The second kappa shape index (κ2) is 10.6. The lowest BCUT2D eigenvalue weighted by atomic mass is 9.96. The topological polar surface area (TPSA) is 112 Å². The fourth-order valence-electron chi connectivity index (χ4n) is 4.17. The van der Waals surface area contributed by atoms with Crippen molar-refractivity contribution in [3.8, 4) is 23.0 Å². The molecule has 0 saturated carbocycles. The highest BCUT2D eigenvalue weighted by molar-refractivity contribution is 7.16. The molecule has 4 aromatic rings.